The summed E-state index contributed by atoms with van der Waals surface area (Å²) in [6.07, 6.45) is 0.495. The van der Waals surface area contributed by atoms with E-state index in [1.807, 2.05) is 26.8 Å². The molecule has 0 spiro atoms. The molecule has 0 aliphatic carbocycles. The van der Waals surface area contributed by atoms with Crippen LogP contribution in [0.5, 0.6) is 0 Å². The Morgan fingerprint density at radius 2 is 1.88 bits per heavy atom. The number of rotatable bonds is 4. The quantitative estimate of drug-likeness (QED) is 0.790. The van der Waals surface area contributed by atoms with Crippen molar-refractivity contribution in [2.24, 2.45) is 0 Å². The number of benzene rings is 1. The molecule has 1 N–H and O–H groups in total. The highest BCUT2D eigenvalue weighted by molar-refractivity contribution is 5.96. The fourth-order valence-electron chi connectivity index (χ4n) is 1.21. The second-order valence-corrected chi connectivity index (χ2v) is 3.12. The van der Waals surface area contributed by atoms with Crippen LogP contribution in [0.3, 0.4) is 0 Å². The van der Waals surface area contributed by atoms with Crippen LogP contribution in [-0.2, 0) is 0 Å². The van der Waals surface area contributed by atoms with Crippen molar-refractivity contribution in [1.29, 1.82) is 0 Å². The number of carbonyl (C=O) groups is 1. The van der Waals surface area contributed by atoms with Crippen molar-refractivity contribution >= 4 is 11.4 Å². The van der Waals surface area contributed by atoms with Crippen LogP contribution < -0.4 is 0 Å². The summed E-state index contributed by atoms with van der Waals surface area (Å²) in [6, 6.07) is 7.19. The Bertz CT molecular complexity index is 322. The first-order chi connectivity index (χ1) is 7.69. The van der Waals surface area contributed by atoms with Crippen molar-refractivity contribution in [3.8, 4) is 0 Å². The van der Waals surface area contributed by atoms with E-state index in [1.165, 1.54) is 0 Å². The first-order valence-electron chi connectivity index (χ1n) is 5.61. The summed E-state index contributed by atoms with van der Waals surface area (Å²) in [5.74, 6) is 0.109. The van der Waals surface area contributed by atoms with E-state index in [-0.39, 0.29) is 12.4 Å². The van der Waals surface area contributed by atoms with Crippen molar-refractivity contribution in [3.63, 3.8) is 0 Å². The van der Waals surface area contributed by atoms with Crippen LogP contribution in [0, 0.1) is 0 Å². The average Bonchev–Trinajstić information content (AvgIpc) is 2.39. The Labute approximate surface area is 97.6 Å². The summed E-state index contributed by atoms with van der Waals surface area (Å²) < 4.78 is 0. The smallest absolute Gasteiger partial charge is 0.162 e. The van der Waals surface area contributed by atoms with Gasteiger partial charge in [-0.05, 0) is 17.2 Å². The van der Waals surface area contributed by atoms with Gasteiger partial charge in [0.15, 0.2) is 5.78 Å². The molecule has 2 heteroatoms. The molecule has 88 valence electrons. The monoisotopic (exact) mass is 220 g/mol. The Morgan fingerprint density at radius 1 is 1.31 bits per heavy atom. The number of ketones is 1. The van der Waals surface area contributed by atoms with Gasteiger partial charge in [0.05, 0.1) is 6.61 Å². The summed E-state index contributed by atoms with van der Waals surface area (Å²) in [6.45, 7) is 9.46. The van der Waals surface area contributed by atoms with E-state index in [0.717, 1.165) is 5.56 Å². The molecule has 0 atom stereocenters. The lowest BCUT2D eigenvalue weighted by atomic mass is 10.0. The molecular formula is C14H20O2. The van der Waals surface area contributed by atoms with Gasteiger partial charge in [-0.25, -0.2) is 0 Å². The van der Waals surface area contributed by atoms with Crippen LogP contribution in [0.1, 0.15) is 43.1 Å². The number of Topliss-reactive ketones (excluding diaryl/α,β-unsaturated/α-hetero) is 1. The molecule has 0 amide bonds. The molecule has 0 saturated carbocycles. The van der Waals surface area contributed by atoms with Gasteiger partial charge < -0.3 is 5.11 Å². The number of aliphatic hydroxyl groups excluding tert-OH is 1. The number of aliphatic hydroxyl groups is 1. The third-order valence-electron chi connectivity index (χ3n) is 2.10. The van der Waals surface area contributed by atoms with Gasteiger partial charge in [-0.15, -0.1) is 0 Å². The fraction of sp³-hybridized carbons (Fsp3) is 0.357. The van der Waals surface area contributed by atoms with Gasteiger partial charge in [0.1, 0.15) is 0 Å². The lowest BCUT2D eigenvalue weighted by Gasteiger charge is -2.04. The predicted octanol–water partition coefficient (Wildman–Crippen LogP) is 3.31. The Morgan fingerprint density at radius 3 is 2.38 bits per heavy atom. The zero-order valence-electron chi connectivity index (χ0n) is 10.3. The van der Waals surface area contributed by atoms with Gasteiger partial charge >= 0.3 is 0 Å². The zero-order valence-corrected chi connectivity index (χ0v) is 10.3. The largest absolute Gasteiger partial charge is 0.392 e. The maximum atomic E-state index is 11.4. The van der Waals surface area contributed by atoms with Crippen molar-refractivity contribution in [2.75, 3.05) is 6.61 Å². The minimum absolute atomic E-state index is 0.0796. The SMILES string of the molecule is C=C(CO)c1cccc(C(=O)CC)c1.CC. The fourth-order valence-corrected chi connectivity index (χ4v) is 1.21. The topological polar surface area (TPSA) is 37.3 Å². The van der Waals surface area contributed by atoms with Crippen LogP contribution in [0.15, 0.2) is 30.8 Å². The lowest BCUT2D eigenvalue weighted by Crippen LogP contribution is -1.98. The van der Waals surface area contributed by atoms with Crippen molar-refractivity contribution in [3.05, 3.63) is 42.0 Å². The normalized spacial score (nSPS) is 9.00. The molecule has 2 nitrogen and oxygen atoms in total. The molecule has 0 radical (unpaired) electrons. The molecule has 0 aliphatic heterocycles. The summed E-state index contributed by atoms with van der Waals surface area (Å²) >= 11 is 0. The summed E-state index contributed by atoms with van der Waals surface area (Å²) in [7, 11) is 0. The summed E-state index contributed by atoms with van der Waals surface area (Å²) in [5.41, 5.74) is 2.14. The Hall–Kier alpha value is -1.41. The van der Waals surface area contributed by atoms with E-state index in [9.17, 15) is 4.79 Å². The van der Waals surface area contributed by atoms with Crippen LogP contribution in [0.4, 0.5) is 0 Å². The van der Waals surface area contributed by atoms with Gasteiger partial charge in [0.25, 0.3) is 0 Å². The molecule has 16 heavy (non-hydrogen) atoms. The van der Waals surface area contributed by atoms with Crippen LogP contribution >= 0.6 is 0 Å². The molecule has 0 unspecified atom stereocenters. The predicted molar refractivity (Wildman–Crippen MR) is 68.5 cm³/mol. The standard InChI is InChI=1S/C12H14O2.C2H6/c1-3-12(14)11-6-4-5-10(7-11)9(2)8-13;1-2/h4-7,13H,2-3,8H2,1H3;1-2H3. The first kappa shape index (κ1) is 14.6. The van der Waals surface area contributed by atoms with Crippen LogP contribution in [0.25, 0.3) is 5.57 Å². The molecule has 0 bridgehead atoms. The Kier molecular flexibility index (Phi) is 7.14. The van der Waals surface area contributed by atoms with E-state index >= 15 is 0 Å². The third-order valence-corrected chi connectivity index (χ3v) is 2.10. The van der Waals surface area contributed by atoms with Gasteiger partial charge in [0, 0.05) is 12.0 Å². The molecule has 1 aromatic rings. The van der Waals surface area contributed by atoms with Crippen LogP contribution in [-0.4, -0.2) is 17.5 Å². The van der Waals surface area contributed by atoms with Gasteiger partial charge in [0.2, 0.25) is 0 Å². The third kappa shape index (κ3) is 3.99. The molecule has 0 fully saturated rings. The molecule has 1 rings (SSSR count). The van der Waals surface area contributed by atoms with Crippen LogP contribution in [0.2, 0.25) is 0 Å². The van der Waals surface area contributed by atoms with E-state index in [1.54, 1.807) is 18.2 Å². The minimum Gasteiger partial charge on any atom is -0.392 e. The molecule has 1 aromatic carbocycles. The van der Waals surface area contributed by atoms with Crippen molar-refractivity contribution in [2.45, 2.75) is 27.2 Å². The number of hydrogen-bond donors (Lipinski definition) is 1. The lowest BCUT2D eigenvalue weighted by molar-refractivity contribution is 0.0988. The second kappa shape index (κ2) is 7.83. The van der Waals surface area contributed by atoms with E-state index in [2.05, 4.69) is 6.58 Å². The zero-order chi connectivity index (χ0) is 12.6. The maximum absolute atomic E-state index is 11.4. The highest BCUT2D eigenvalue weighted by Gasteiger charge is 2.04. The summed E-state index contributed by atoms with van der Waals surface area (Å²) in [5, 5.41) is 8.89. The molecule has 0 saturated heterocycles. The van der Waals surface area contributed by atoms with Crippen molar-refractivity contribution in [1.82, 2.24) is 0 Å². The maximum Gasteiger partial charge on any atom is 0.162 e. The number of hydrogen-bond acceptors (Lipinski definition) is 2. The van der Waals surface area contributed by atoms with Gasteiger partial charge in [-0.3, -0.25) is 4.79 Å². The summed E-state index contributed by atoms with van der Waals surface area (Å²) in [4.78, 5) is 11.4. The average molecular weight is 220 g/mol. The molecule has 0 heterocycles. The van der Waals surface area contributed by atoms with E-state index in [0.29, 0.717) is 17.6 Å². The number of carbonyl (C=O) groups excluding carboxylic acids is 1. The van der Waals surface area contributed by atoms with Gasteiger partial charge in [-0.2, -0.15) is 0 Å². The first-order valence-corrected chi connectivity index (χ1v) is 5.61. The molecule has 0 aromatic heterocycles. The van der Waals surface area contributed by atoms with Gasteiger partial charge in [-0.1, -0.05) is 45.5 Å². The second-order valence-electron chi connectivity index (χ2n) is 3.12. The molecular weight excluding hydrogens is 200 g/mol. The molecule has 0 aliphatic rings. The highest BCUT2D eigenvalue weighted by Crippen LogP contribution is 2.14. The van der Waals surface area contributed by atoms with E-state index < -0.39 is 0 Å². The van der Waals surface area contributed by atoms with Crippen molar-refractivity contribution < 1.29 is 9.90 Å². The minimum atomic E-state index is -0.0796. The van der Waals surface area contributed by atoms with E-state index in [4.69, 9.17) is 5.11 Å². The Balaban J connectivity index is 0.00000106. The highest BCUT2D eigenvalue weighted by atomic mass is 16.3.